The Morgan fingerprint density at radius 3 is 2.58 bits per heavy atom. The summed E-state index contributed by atoms with van der Waals surface area (Å²) in [6.45, 7) is 1.05. The Hall–Kier alpha value is -4.23. The van der Waals surface area contributed by atoms with Gasteiger partial charge in [-0.1, -0.05) is 53.7 Å². The van der Waals surface area contributed by atoms with Crippen LogP contribution < -0.4 is 10.2 Å². The maximum absolute atomic E-state index is 5.91. The topological polar surface area (TPSA) is 77.2 Å². The quantitative estimate of drug-likeness (QED) is 0.193. The Labute approximate surface area is 228 Å². The van der Waals surface area contributed by atoms with Crippen LogP contribution in [0.5, 0.6) is 5.75 Å². The zero-order chi connectivity index (χ0) is 24.9. The van der Waals surface area contributed by atoms with Crippen molar-refractivity contribution < 1.29 is 4.74 Å². The number of benzene rings is 3. The number of fused-ring (bicyclic) bond motifs is 2. The predicted molar refractivity (Wildman–Crippen MR) is 153 cm³/mol. The minimum Gasteiger partial charge on any atom is -0.487 e. The maximum Gasteiger partial charge on any atom is 0.134 e. The standard InChI is InChI=1S/C30H28N6O.ClH/c1-2-8-23(9-3-1)19-36-20-24(33-35-36)21-37-25-16-14-22(15-17-25)18-31-34-30-26-10-4-6-12-28(26)32-29-13-7-5-11-27(29)30;/h1-4,6,8-10,12,14-18,20H,5,7,11,13,19,21H2,(H,32,34);1H/b31-18+;. The van der Waals surface area contributed by atoms with Crippen molar-refractivity contribution in [1.29, 1.82) is 0 Å². The molecule has 0 fully saturated rings. The average Bonchev–Trinajstić information content (AvgIpc) is 3.40. The van der Waals surface area contributed by atoms with E-state index in [-0.39, 0.29) is 12.4 Å². The van der Waals surface area contributed by atoms with Gasteiger partial charge in [-0.3, -0.25) is 10.4 Å². The first-order chi connectivity index (χ1) is 18.3. The van der Waals surface area contributed by atoms with Crippen LogP contribution in [0.1, 0.15) is 40.9 Å². The summed E-state index contributed by atoms with van der Waals surface area (Å²) in [6, 6.07) is 26.3. The van der Waals surface area contributed by atoms with E-state index in [1.165, 1.54) is 29.7 Å². The lowest BCUT2D eigenvalue weighted by atomic mass is 9.93. The van der Waals surface area contributed by atoms with Gasteiger partial charge in [0.2, 0.25) is 0 Å². The molecule has 0 spiro atoms. The molecule has 8 heteroatoms. The van der Waals surface area contributed by atoms with Crippen molar-refractivity contribution >= 4 is 35.2 Å². The normalized spacial score (nSPS) is 12.7. The molecule has 7 nitrogen and oxygen atoms in total. The largest absolute Gasteiger partial charge is 0.487 e. The molecule has 0 bridgehead atoms. The van der Waals surface area contributed by atoms with Crippen LogP contribution >= 0.6 is 12.4 Å². The van der Waals surface area contributed by atoms with Gasteiger partial charge in [0.1, 0.15) is 18.1 Å². The summed E-state index contributed by atoms with van der Waals surface area (Å²) in [4.78, 5) is 4.90. The number of halogens is 1. The van der Waals surface area contributed by atoms with Crippen LogP contribution in [-0.2, 0) is 26.0 Å². The molecule has 1 N–H and O–H groups in total. The van der Waals surface area contributed by atoms with Crippen LogP contribution in [0.15, 0.2) is 90.2 Å². The van der Waals surface area contributed by atoms with E-state index in [1.54, 1.807) is 0 Å². The van der Waals surface area contributed by atoms with Gasteiger partial charge >= 0.3 is 0 Å². The zero-order valence-electron chi connectivity index (χ0n) is 21.0. The minimum atomic E-state index is 0. The van der Waals surface area contributed by atoms with Crippen molar-refractivity contribution in [3.8, 4) is 5.75 Å². The molecular formula is C30H29ClN6O. The highest BCUT2D eigenvalue weighted by molar-refractivity contribution is 5.94. The second kappa shape index (κ2) is 11.9. The molecule has 0 aliphatic heterocycles. The second-order valence-corrected chi connectivity index (χ2v) is 9.26. The van der Waals surface area contributed by atoms with Gasteiger partial charge < -0.3 is 4.74 Å². The van der Waals surface area contributed by atoms with Gasteiger partial charge in [-0.05, 0) is 72.7 Å². The Morgan fingerprint density at radius 2 is 1.71 bits per heavy atom. The number of nitrogens with zero attached hydrogens (tertiary/aromatic N) is 5. The summed E-state index contributed by atoms with van der Waals surface area (Å²) in [5.41, 5.74) is 10.9. The van der Waals surface area contributed by atoms with Crippen molar-refractivity contribution in [2.75, 3.05) is 5.43 Å². The number of nitrogens with one attached hydrogen (secondary N) is 1. The smallest absolute Gasteiger partial charge is 0.134 e. The molecule has 0 saturated heterocycles. The van der Waals surface area contributed by atoms with E-state index in [0.717, 1.165) is 46.4 Å². The highest BCUT2D eigenvalue weighted by atomic mass is 35.5. The lowest BCUT2D eigenvalue weighted by Crippen LogP contribution is -2.09. The molecule has 5 aromatic rings. The van der Waals surface area contributed by atoms with Crippen molar-refractivity contribution in [2.24, 2.45) is 5.10 Å². The van der Waals surface area contributed by atoms with Gasteiger partial charge in [0.05, 0.1) is 30.2 Å². The van der Waals surface area contributed by atoms with E-state index in [2.05, 4.69) is 51.2 Å². The Kier molecular flexibility index (Phi) is 7.95. The van der Waals surface area contributed by atoms with E-state index in [4.69, 9.17) is 9.72 Å². The monoisotopic (exact) mass is 524 g/mol. The van der Waals surface area contributed by atoms with Crippen molar-refractivity contribution in [3.05, 3.63) is 113 Å². The van der Waals surface area contributed by atoms with Gasteiger partial charge in [0.25, 0.3) is 0 Å². The van der Waals surface area contributed by atoms with Gasteiger partial charge in [0, 0.05) is 11.1 Å². The lowest BCUT2D eigenvalue weighted by Gasteiger charge is -2.20. The third-order valence-corrected chi connectivity index (χ3v) is 6.60. The number of para-hydroxylation sites is 1. The number of aromatic nitrogens is 4. The van der Waals surface area contributed by atoms with E-state index in [1.807, 2.05) is 65.6 Å². The van der Waals surface area contributed by atoms with Crippen LogP contribution in [0.25, 0.3) is 10.9 Å². The van der Waals surface area contributed by atoms with E-state index in [0.29, 0.717) is 13.2 Å². The fourth-order valence-electron chi connectivity index (χ4n) is 4.73. The molecule has 0 unspecified atom stereocenters. The summed E-state index contributed by atoms with van der Waals surface area (Å²) in [7, 11) is 0. The highest BCUT2D eigenvalue weighted by Gasteiger charge is 2.17. The molecule has 2 heterocycles. The second-order valence-electron chi connectivity index (χ2n) is 9.26. The van der Waals surface area contributed by atoms with Crippen LogP contribution in [0, 0.1) is 0 Å². The number of hydrogen-bond acceptors (Lipinski definition) is 6. The molecule has 1 aliphatic rings. The molecule has 2 aromatic heterocycles. The first kappa shape index (κ1) is 25.4. The molecule has 0 radical (unpaired) electrons. The summed E-state index contributed by atoms with van der Waals surface area (Å²) in [5.74, 6) is 0.775. The first-order valence-corrected chi connectivity index (χ1v) is 12.7. The third kappa shape index (κ3) is 5.84. The van der Waals surface area contributed by atoms with Gasteiger partial charge in [0.15, 0.2) is 0 Å². The number of pyridine rings is 1. The zero-order valence-corrected chi connectivity index (χ0v) is 21.8. The maximum atomic E-state index is 5.91. The van der Waals surface area contributed by atoms with E-state index < -0.39 is 0 Å². The number of hydrazone groups is 1. The lowest BCUT2D eigenvalue weighted by molar-refractivity contribution is 0.301. The van der Waals surface area contributed by atoms with E-state index >= 15 is 0 Å². The molecule has 1 aliphatic carbocycles. The van der Waals surface area contributed by atoms with E-state index in [9.17, 15) is 0 Å². The number of ether oxygens (including phenoxy) is 1. The molecule has 0 atom stereocenters. The van der Waals surface area contributed by atoms with Crippen molar-refractivity contribution in [1.82, 2.24) is 20.0 Å². The SMILES string of the molecule is C(=N\Nc1c2c(nc3ccccc13)CCCC2)/c1ccc(OCc2cn(Cc3ccccc3)nn2)cc1.Cl. The minimum absolute atomic E-state index is 0. The third-order valence-electron chi connectivity index (χ3n) is 6.60. The highest BCUT2D eigenvalue weighted by Crippen LogP contribution is 2.33. The molecule has 3 aromatic carbocycles. The summed E-state index contributed by atoms with van der Waals surface area (Å²) in [6.07, 6.45) is 8.21. The molecular weight excluding hydrogens is 496 g/mol. The first-order valence-electron chi connectivity index (χ1n) is 12.7. The number of aryl methyl sites for hydroxylation is 1. The molecule has 0 amide bonds. The van der Waals surface area contributed by atoms with Gasteiger partial charge in [-0.15, -0.1) is 17.5 Å². The van der Waals surface area contributed by atoms with Crippen LogP contribution in [-0.4, -0.2) is 26.2 Å². The number of hydrogen-bond donors (Lipinski definition) is 1. The van der Waals surface area contributed by atoms with Crippen LogP contribution in [0.2, 0.25) is 0 Å². The Morgan fingerprint density at radius 1 is 0.921 bits per heavy atom. The number of anilines is 1. The molecule has 6 rings (SSSR count). The number of rotatable bonds is 8. The fourth-order valence-corrected chi connectivity index (χ4v) is 4.73. The van der Waals surface area contributed by atoms with Crippen LogP contribution in [0.3, 0.4) is 0 Å². The molecule has 38 heavy (non-hydrogen) atoms. The summed E-state index contributed by atoms with van der Waals surface area (Å²) in [5, 5.41) is 14.1. The average molecular weight is 525 g/mol. The van der Waals surface area contributed by atoms with Crippen molar-refractivity contribution in [3.63, 3.8) is 0 Å². The Bertz CT molecular complexity index is 1530. The van der Waals surface area contributed by atoms with Gasteiger partial charge in [-0.25, -0.2) is 4.68 Å². The van der Waals surface area contributed by atoms with Crippen LogP contribution in [0.4, 0.5) is 5.69 Å². The summed E-state index contributed by atoms with van der Waals surface area (Å²) >= 11 is 0. The summed E-state index contributed by atoms with van der Waals surface area (Å²) < 4.78 is 7.74. The van der Waals surface area contributed by atoms with Crippen molar-refractivity contribution in [2.45, 2.75) is 38.8 Å². The van der Waals surface area contributed by atoms with Gasteiger partial charge in [-0.2, -0.15) is 5.10 Å². The molecule has 192 valence electrons. The fraction of sp³-hybridized carbons (Fsp3) is 0.200. The Balaban J connectivity index is 0.00000294. The molecule has 0 saturated carbocycles. The predicted octanol–water partition coefficient (Wildman–Crippen LogP) is 6.20.